The smallest absolute Gasteiger partial charge is 0.324 e. The first-order chi connectivity index (χ1) is 8.66. The van der Waals surface area contributed by atoms with E-state index in [1.807, 2.05) is 13.8 Å². The van der Waals surface area contributed by atoms with Crippen molar-refractivity contribution >= 4 is 29.6 Å². The molecule has 2 aliphatic rings. The first kappa shape index (κ1) is 13.5. The number of amides is 2. The summed E-state index contributed by atoms with van der Waals surface area (Å²) in [5.74, 6) is 3.23. The van der Waals surface area contributed by atoms with Crippen molar-refractivity contribution < 1.29 is 14.3 Å². The molecule has 0 saturated heterocycles. The predicted octanol–water partition coefficient (Wildman–Crippen LogP) is 2.19. The Morgan fingerprint density at radius 2 is 1.44 bits per heavy atom. The third-order valence-electron chi connectivity index (χ3n) is 2.39. The molecule has 100 valence electrons. The fraction of sp³-hybridized carbons (Fsp3) is 0.545. The molecule has 0 unspecified atom stereocenters. The number of rotatable bonds is 2. The minimum Gasteiger partial charge on any atom is -0.495 e. The van der Waals surface area contributed by atoms with Gasteiger partial charge < -0.3 is 9.47 Å². The van der Waals surface area contributed by atoms with Crippen LogP contribution in [0.15, 0.2) is 21.6 Å². The SMILES string of the molecule is CC1=C(NC(=O)NC2=C(C)OCCS2)SCCO1. The highest BCUT2D eigenvalue weighted by Gasteiger charge is 2.17. The van der Waals surface area contributed by atoms with Crippen molar-refractivity contribution in [1.29, 1.82) is 0 Å². The van der Waals surface area contributed by atoms with E-state index in [4.69, 9.17) is 9.47 Å². The number of hydrogen-bond donors (Lipinski definition) is 2. The molecule has 5 nitrogen and oxygen atoms in total. The molecule has 0 bridgehead atoms. The lowest BCUT2D eigenvalue weighted by Crippen LogP contribution is -2.35. The Labute approximate surface area is 115 Å². The quantitative estimate of drug-likeness (QED) is 0.815. The third-order valence-corrected chi connectivity index (χ3v) is 4.49. The van der Waals surface area contributed by atoms with Crippen molar-refractivity contribution in [3.8, 4) is 0 Å². The summed E-state index contributed by atoms with van der Waals surface area (Å²) in [6, 6.07) is -0.255. The monoisotopic (exact) mass is 288 g/mol. The molecular formula is C11H16N2O3S2. The zero-order chi connectivity index (χ0) is 13.0. The highest BCUT2D eigenvalue weighted by atomic mass is 32.2. The Balaban J connectivity index is 1.92. The number of allylic oxidation sites excluding steroid dienone is 2. The molecule has 0 spiro atoms. The highest BCUT2D eigenvalue weighted by molar-refractivity contribution is 8.03. The zero-order valence-corrected chi connectivity index (χ0v) is 12.0. The second kappa shape index (κ2) is 6.29. The summed E-state index contributed by atoms with van der Waals surface area (Å²) >= 11 is 3.18. The van der Waals surface area contributed by atoms with E-state index in [0.717, 1.165) is 33.1 Å². The summed E-state index contributed by atoms with van der Waals surface area (Å²) in [7, 11) is 0. The summed E-state index contributed by atoms with van der Waals surface area (Å²) in [4.78, 5) is 11.8. The van der Waals surface area contributed by atoms with Crippen LogP contribution in [0.1, 0.15) is 13.8 Å². The maximum Gasteiger partial charge on any atom is 0.324 e. The van der Waals surface area contributed by atoms with Crippen LogP contribution in [0.5, 0.6) is 0 Å². The van der Waals surface area contributed by atoms with E-state index < -0.39 is 0 Å². The molecular weight excluding hydrogens is 272 g/mol. The Morgan fingerprint density at radius 1 is 1.00 bits per heavy atom. The number of nitrogens with one attached hydrogen (secondary N) is 2. The van der Waals surface area contributed by atoms with E-state index in [2.05, 4.69) is 10.6 Å². The van der Waals surface area contributed by atoms with Gasteiger partial charge in [-0.3, -0.25) is 10.6 Å². The van der Waals surface area contributed by atoms with Crippen molar-refractivity contribution in [2.45, 2.75) is 13.8 Å². The van der Waals surface area contributed by atoms with Crippen LogP contribution in [0.3, 0.4) is 0 Å². The van der Waals surface area contributed by atoms with Crippen molar-refractivity contribution in [2.24, 2.45) is 0 Å². The van der Waals surface area contributed by atoms with Crippen LogP contribution in [-0.4, -0.2) is 30.8 Å². The molecule has 2 aliphatic heterocycles. The minimum absolute atomic E-state index is 0.255. The van der Waals surface area contributed by atoms with Gasteiger partial charge in [0, 0.05) is 11.5 Å². The molecule has 2 rings (SSSR count). The molecule has 7 heteroatoms. The first-order valence-electron chi connectivity index (χ1n) is 5.68. The van der Waals surface area contributed by atoms with Gasteiger partial charge in [0.05, 0.1) is 13.2 Å². The maximum atomic E-state index is 11.8. The van der Waals surface area contributed by atoms with E-state index in [1.54, 1.807) is 23.5 Å². The summed E-state index contributed by atoms with van der Waals surface area (Å²) in [5, 5.41) is 7.16. The van der Waals surface area contributed by atoms with Crippen molar-refractivity contribution in [1.82, 2.24) is 10.6 Å². The molecule has 2 heterocycles. The molecule has 18 heavy (non-hydrogen) atoms. The molecule has 0 atom stereocenters. The van der Waals surface area contributed by atoms with Crippen LogP contribution in [0.2, 0.25) is 0 Å². The lowest BCUT2D eigenvalue weighted by Gasteiger charge is -2.21. The average molecular weight is 288 g/mol. The molecule has 0 fully saturated rings. The van der Waals surface area contributed by atoms with Gasteiger partial charge >= 0.3 is 6.03 Å². The molecule has 0 radical (unpaired) electrons. The van der Waals surface area contributed by atoms with Gasteiger partial charge in [0.1, 0.15) is 21.6 Å². The van der Waals surface area contributed by atoms with Crippen molar-refractivity contribution in [3.05, 3.63) is 21.6 Å². The van der Waals surface area contributed by atoms with E-state index >= 15 is 0 Å². The fourth-order valence-electron chi connectivity index (χ4n) is 1.50. The topological polar surface area (TPSA) is 59.6 Å². The van der Waals surface area contributed by atoms with Gasteiger partial charge in [-0.2, -0.15) is 0 Å². The fourth-order valence-corrected chi connectivity index (χ4v) is 3.09. The van der Waals surface area contributed by atoms with Gasteiger partial charge in [-0.05, 0) is 13.8 Å². The third kappa shape index (κ3) is 3.52. The normalized spacial score (nSPS) is 20.1. The number of thioether (sulfide) groups is 2. The summed E-state index contributed by atoms with van der Waals surface area (Å²) in [5.41, 5.74) is 0. The second-order valence-corrected chi connectivity index (χ2v) is 5.95. The van der Waals surface area contributed by atoms with Gasteiger partial charge in [0.2, 0.25) is 0 Å². The molecule has 0 aromatic heterocycles. The lowest BCUT2D eigenvalue weighted by atomic mass is 10.5. The van der Waals surface area contributed by atoms with Gasteiger partial charge in [0.25, 0.3) is 0 Å². The molecule has 0 aliphatic carbocycles. The highest BCUT2D eigenvalue weighted by Crippen LogP contribution is 2.24. The standard InChI is InChI=1S/C11H16N2O3S2/c1-7-9(17-5-3-15-7)12-11(14)13-10-8(2)16-4-6-18-10/h3-6H2,1-2H3,(H2,12,13,14). The number of carbonyl (C=O) groups is 1. The minimum atomic E-state index is -0.255. The second-order valence-electron chi connectivity index (χ2n) is 3.74. The molecule has 0 aromatic carbocycles. The van der Waals surface area contributed by atoms with E-state index in [9.17, 15) is 4.79 Å². The zero-order valence-electron chi connectivity index (χ0n) is 10.4. The number of ether oxygens (including phenoxy) is 2. The predicted molar refractivity (Wildman–Crippen MR) is 73.9 cm³/mol. The number of carbonyl (C=O) groups excluding carboxylic acids is 1. The Morgan fingerprint density at radius 3 is 1.83 bits per heavy atom. The van der Waals surface area contributed by atoms with Crippen molar-refractivity contribution in [2.75, 3.05) is 24.7 Å². The number of hydrogen-bond acceptors (Lipinski definition) is 5. The van der Waals surface area contributed by atoms with Gasteiger partial charge in [-0.25, -0.2) is 4.79 Å². The van der Waals surface area contributed by atoms with Crippen LogP contribution in [0.25, 0.3) is 0 Å². The van der Waals surface area contributed by atoms with Crippen LogP contribution in [0, 0.1) is 0 Å². The van der Waals surface area contributed by atoms with Crippen LogP contribution >= 0.6 is 23.5 Å². The van der Waals surface area contributed by atoms with Crippen LogP contribution in [0.4, 0.5) is 4.79 Å². The van der Waals surface area contributed by atoms with Gasteiger partial charge in [0.15, 0.2) is 0 Å². The van der Waals surface area contributed by atoms with Crippen LogP contribution in [-0.2, 0) is 9.47 Å². The van der Waals surface area contributed by atoms with Gasteiger partial charge in [-0.1, -0.05) is 0 Å². The largest absolute Gasteiger partial charge is 0.495 e. The maximum absolute atomic E-state index is 11.8. The van der Waals surface area contributed by atoms with E-state index in [1.165, 1.54) is 0 Å². The molecule has 2 amide bonds. The Bertz CT molecular complexity index is 371. The summed E-state index contributed by atoms with van der Waals surface area (Å²) < 4.78 is 10.8. The summed E-state index contributed by atoms with van der Waals surface area (Å²) in [6.07, 6.45) is 0. The van der Waals surface area contributed by atoms with E-state index in [0.29, 0.717) is 13.2 Å². The molecule has 0 aromatic rings. The molecule has 0 saturated carbocycles. The van der Waals surface area contributed by atoms with Crippen molar-refractivity contribution in [3.63, 3.8) is 0 Å². The molecule has 2 N–H and O–H groups in total. The van der Waals surface area contributed by atoms with E-state index in [-0.39, 0.29) is 6.03 Å². The van der Waals surface area contributed by atoms with Gasteiger partial charge in [-0.15, -0.1) is 23.5 Å². The summed E-state index contributed by atoms with van der Waals surface area (Å²) in [6.45, 7) is 5.09. The van der Waals surface area contributed by atoms with Crippen LogP contribution < -0.4 is 10.6 Å². The lowest BCUT2D eigenvalue weighted by molar-refractivity contribution is 0.221. The Hall–Kier alpha value is -0.950. The Kier molecular flexibility index (Phi) is 4.71. The average Bonchev–Trinajstić information content (AvgIpc) is 2.35. The number of urea groups is 1. The first-order valence-corrected chi connectivity index (χ1v) is 7.65.